The molecule has 0 aliphatic carbocycles. The summed E-state index contributed by atoms with van der Waals surface area (Å²) < 4.78 is 23.1. The predicted molar refractivity (Wildman–Crippen MR) is 155 cm³/mol. The Morgan fingerprint density at radius 1 is 1.10 bits per heavy atom. The van der Waals surface area contributed by atoms with Crippen molar-refractivity contribution < 1.29 is 23.3 Å². The van der Waals surface area contributed by atoms with Gasteiger partial charge in [0.15, 0.2) is 5.13 Å². The Hall–Kier alpha value is -3.55. The minimum Gasteiger partial charge on any atom is -0.489 e. The Kier molecular flexibility index (Phi) is 9.06. The number of nitrogens with zero attached hydrogens (tertiary/aromatic N) is 4. The Morgan fingerprint density at radius 2 is 1.80 bits per heavy atom. The summed E-state index contributed by atoms with van der Waals surface area (Å²) in [4.78, 5) is 38.1. The number of nitrogens with two attached hydrogens (primary N) is 1. The van der Waals surface area contributed by atoms with Crippen molar-refractivity contribution in [2.24, 2.45) is 5.14 Å². The van der Waals surface area contributed by atoms with Gasteiger partial charge in [0.05, 0.1) is 22.4 Å². The maximum Gasteiger partial charge on any atom is 0.410 e. The predicted octanol–water partition coefficient (Wildman–Crippen LogP) is 4.41. The van der Waals surface area contributed by atoms with E-state index in [4.69, 9.17) is 14.6 Å². The summed E-state index contributed by atoms with van der Waals surface area (Å²) in [6.07, 6.45) is 1.20. The lowest BCUT2D eigenvalue weighted by atomic mass is 10.2. The number of benzene rings is 1. The number of hydrogen-bond acceptors (Lipinski definition) is 9. The van der Waals surface area contributed by atoms with Crippen LogP contribution in [-0.2, 0) is 15.7 Å². The monoisotopic (exact) mass is 586 g/mol. The number of nitrogens with one attached hydrogen (secondary N) is 1. The van der Waals surface area contributed by atoms with Crippen LogP contribution in [0.3, 0.4) is 0 Å². The highest BCUT2D eigenvalue weighted by molar-refractivity contribution is 7.82. The molecule has 3 heterocycles. The van der Waals surface area contributed by atoms with E-state index >= 15 is 0 Å². The molecule has 0 saturated carbocycles. The van der Waals surface area contributed by atoms with E-state index in [1.165, 1.54) is 11.3 Å². The molecule has 1 unspecified atom stereocenters. The van der Waals surface area contributed by atoms with Gasteiger partial charge in [0.25, 0.3) is 5.91 Å². The molecule has 1 atom stereocenters. The van der Waals surface area contributed by atoms with Crippen molar-refractivity contribution in [3.63, 3.8) is 0 Å². The second kappa shape index (κ2) is 12.3. The fraction of sp³-hybridized carbons (Fsp3) is 0.407. The van der Waals surface area contributed by atoms with Crippen molar-refractivity contribution in [1.29, 1.82) is 0 Å². The average Bonchev–Trinajstić information content (AvgIpc) is 3.36. The van der Waals surface area contributed by atoms with Gasteiger partial charge in [0.2, 0.25) is 0 Å². The molecule has 1 fully saturated rings. The molecule has 3 N–H and O–H groups in total. The molecule has 1 aliphatic rings. The van der Waals surface area contributed by atoms with Gasteiger partial charge in [-0.1, -0.05) is 0 Å². The Bertz CT molecular complexity index is 1380. The summed E-state index contributed by atoms with van der Waals surface area (Å²) in [5, 5.41) is 11.3. The number of hydrogen-bond donors (Lipinski definition) is 2. The molecule has 3 aromatic rings. The zero-order valence-corrected chi connectivity index (χ0v) is 24.8. The van der Waals surface area contributed by atoms with Crippen molar-refractivity contribution in [3.8, 4) is 17.0 Å². The molecule has 13 heteroatoms. The molecule has 2 amide bonds. The van der Waals surface area contributed by atoms with Gasteiger partial charge in [0, 0.05) is 43.3 Å². The first kappa shape index (κ1) is 29.4. The summed E-state index contributed by atoms with van der Waals surface area (Å²) in [6, 6.07) is 8.57. The van der Waals surface area contributed by atoms with Crippen molar-refractivity contribution >= 4 is 45.1 Å². The lowest BCUT2D eigenvalue weighted by Crippen LogP contribution is -2.51. The molecule has 11 nitrogen and oxygen atoms in total. The van der Waals surface area contributed by atoms with Crippen molar-refractivity contribution in [3.05, 3.63) is 47.6 Å². The van der Waals surface area contributed by atoms with Crippen LogP contribution < -0.4 is 15.2 Å². The van der Waals surface area contributed by atoms with Crippen LogP contribution in [0.15, 0.2) is 46.8 Å². The smallest absolute Gasteiger partial charge is 0.410 e. The molecule has 1 saturated heterocycles. The van der Waals surface area contributed by atoms with Crippen LogP contribution >= 0.6 is 11.3 Å². The van der Waals surface area contributed by atoms with Gasteiger partial charge in [-0.3, -0.25) is 9.78 Å². The van der Waals surface area contributed by atoms with Gasteiger partial charge in [-0.2, -0.15) is 0 Å². The number of pyridine rings is 1. The van der Waals surface area contributed by atoms with Crippen LogP contribution in [0.25, 0.3) is 11.3 Å². The zero-order chi connectivity index (χ0) is 29.0. The summed E-state index contributed by atoms with van der Waals surface area (Å²) in [7, 11) is -1.63. The molecule has 1 aromatic carbocycles. The van der Waals surface area contributed by atoms with Crippen molar-refractivity contribution in [2.45, 2.75) is 51.2 Å². The minimum atomic E-state index is -1.63. The number of aromatic nitrogens is 2. The number of piperazine rings is 1. The largest absolute Gasteiger partial charge is 0.489 e. The number of anilines is 2. The van der Waals surface area contributed by atoms with E-state index in [1.54, 1.807) is 40.3 Å². The lowest BCUT2D eigenvalue weighted by Gasteiger charge is -2.35. The van der Waals surface area contributed by atoms with Crippen LogP contribution in [0.4, 0.5) is 15.6 Å². The maximum atomic E-state index is 13.0. The molecule has 0 spiro atoms. The van der Waals surface area contributed by atoms with Gasteiger partial charge in [-0.15, -0.1) is 11.3 Å². The van der Waals surface area contributed by atoms with E-state index in [0.717, 1.165) is 5.56 Å². The highest BCUT2D eigenvalue weighted by Gasteiger charge is 2.28. The second-order valence-electron chi connectivity index (χ2n) is 10.5. The number of carbonyl (C=O) groups excluding carboxylic acids is 2. The van der Waals surface area contributed by atoms with Crippen molar-refractivity contribution in [1.82, 2.24) is 19.8 Å². The van der Waals surface area contributed by atoms with E-state index in [-0.39, 0.29) is 18.1 Å². The summed E-state index contributed by atoms with van der Waals surface area (Å²) in [6.45, 7) is 10.9. The van der Waals surface area contributed by atoms with Gasteiger partial charge in [-0.05, 0) is 65.0 Å². The fourth-order valence-electron chi connectivity index (χ4n) is 3.92. The highest BCUT2D eigenvalue weighted by Crippen LogP contribution is 2.33. The van der Waals surface area contributed by atoms with Crippen LogP contribution in [0.2, 0.25) is 0 Å². The third-order valence-electron chi connectivity index (χ3n) is 5.79. The van der Waals surface area contributed by atoms with Crippen LogP contribution in [0.1, 0.15) is 45.1 Å². The second-order valence-corrected chi connectivity index (χ2v) is 12.4. The molecule has 214 valence electrons. The van der Waals surface area contributed by atoms with Gasteiger partial charge >= 0.3 is 6.09 Å². The maximum absolute atomic E-state index is 13.0. The summed E-state index contributed by atoms with van der Waals surface area (Å²) in [5.74, 6) is 0.406. The van der Waals surface area contributed by atoms with E-state index in [0.29, 0.717) is 59.0 Å². The highest BCUT2D eigenvalue weighted by atomic mass is 32.2. The first-order chi connectivity index (χ1) is 18.9. The molecule has 1 aliphatic heterocycles. The average molecular weight is 587 g/mol. The van der Waals surface area contributed by atoms with E-state index < -0.39 is 16.6 Å². The molecule has 4 rings (SSSR count). The number of rotatable bonds is 7. The quantitative estimate of drug-likeness (QED) is 0.415. The molecule has 0 bridgehead atoms. The van der Waals surface area contributed by atoms with Gasteiger partial charge in [0.1, 0.15) is 28.0 Å². The normalized spacial score (nSPS) is 14.7. The van der Waals surface area contributed by atoms with Crippen LogP contribution in [-0.4, -0.2) is 73.9 Å². The Labute approximate surface area is 240 Å². The van der Waals surface area contributed by atoms with E-state index in [2.05, 4.69) is 15.3 Å². The third kappa shape index (κ3) is 7.55. The lowest BCUT2D eigenvalue weighted by molar-refractivity contribution is 0.0140. The van der Waals surface area contributed by atoms with Gasteiger partial charge < -0.3 is 24.6 Å². The minimum absolute atomic E-state index is 0.0530. The number of carbonyl (C=O) groups is 2. The topological polar surface area (TPSA) is 140 Å². The molecule has 0 radical (unpaired) electrons. The summed E-state index contributed by atoms with van der Waals surface area (Å²) in [5.41, 5.74) is 1.81. The number of thiazole rings is 1. The van der Waals surface area contributed by atoms with E-state index in [9.17, 15) is 13.8 Å². The first-order valence-electron chi connectivity index (χ1n) is 12.8. The summed E-state index contributed by atoms with van der Waals surface area (Å²) >= 11 is 1.39. The van der Waals surface area contributed by atoms with Crippen molar-refractivity contribution in [2.75, 3.05) is 31.5 Å². The number of amides is 2. The molecular formula is C27H34N6O5S2. The molecular weight excluding hydrogens is 552 g/mol. The van der Waals surface area contributed by atoms with E-state index in [1.807, 2.05) is 46.1 Å². The molecule has 2 aromatic heterocycles. The SMILES string of the molecule is CC(C)Oc1ccc(S(N)=O)cc1Nc1nc(-c2ccc(C(=O)N3CCN(C(=O)OC(C)(C)C)CC3)nc2)cs1. The molecule has 40 heavy (non-hydrogen) atoms. The van der Waals surface area contributed by atoms with Crippen LogP contribution in [0, 0.1) is 0 Å². The first-order valence-corrected chi connectivity index (χ1v) is 14.9. The fourth-order valence-corrected chi connectivity index (χ4v) is 5.09. The Morgan fingerprint density at radius 3 is 2.40 bits per heavy atom. The zero-order valence-electron chi connectivity index (χ0n) is 23.2. The van der Waals surface area contributed by atoms with Crippen LogP contribution in [0.5, 0.6) is 5.75 Å². The third-order valence-corrected chi connectivity index (χ3v) is 7.27. The number of ether oxygens (including phenoxy) is 2. The van der Waals surface area contributed by atoms with Gasteiger partial charge in [-0.25, -0.2) is 19.1 Å². The Balaban J connectivity index is 1.40. The standard InChI is InChI=1S/C27H34N6O5S2/c1-17(2)37-23-9-7-19(40(28)36)14-21(23)30-25-31-22(16-39-25)18-6-8-20(29-15-18)24(34)32-10-12-33(13-11-32)26(35)38-27(3,4)5/h6-9,14-17H,10-13,28H2,1-5H3,(H,30,31).